The van der Waals surface area contributed by atoms with E-state index in [0.717, 1.165) is 3.57 Å². The third-order valence-electron chi connectivity index (χ3n) is 1.15. The molecule has 0 aliphatic rings. The smallest absolute Gasteiger partial charge is 0.118 e. The maximum atomic E-state index is 8.98. The van der Waals surface area contributed by atoms with E-state index >= 15 is 0 Å². The Morgan fingerprint density at radius 3 is 2.40 bits per heavy atom. The molecule has 10 heavy (non-hydrogen) atoms. The number of halogens is 1. The van der Waals surface area contributed by atoms with Crippen LogP contribution in [0, 0.1) is 3.57 Å². The molecule has 1 aromatic rings. The number of hydrogen-bond donors (Lipinski definition) is 3. The molecule has 0 heterocycles. The fourth-order valence-corrected chi connectivity index (χ4v) is 1.25. The van der Waals surface area contributed by atoms with Crippen molar-refractivity contribution in [2.24, 2.45) is 0 Å². The van der Waals surface area contributed by atoms with Gasteiger partial charge in [0.2, 0.25) is 0 Å². The second-order valence-electron chi connectivity index (χ2n) is 1.93. The molecule has 1 rings (SSSR count). The van der Waals surface area contributed by atoms with Gasteiger partial charge in [-0.1, -0.05) is 0 Å². The molecule has 4 heteroatoms. The Morgan fingerprint density at radius 2 is 1.90 bits per heavy atom. The van der Waals surface area contributed by atoms with Crippen LogP contribution in [0.25, 0.3) is 0 Å². The van der Waals surface area contributed by atoms with Crippen LogP contribution < -0.4 is 11.5 Å². The highest BCUT2D eigenvalue weighted by molar-refractivity contribution is 14.1. The Morgan fingerprint density at radius 1 is 1.30 bits per heavy atom. The number of hydrogen-bond acceptors (Lipinski definition) is 3. The number of phenolic OH excluding ortho intramolecular Hbond substituents is 1. The van der Waals surface area contributed by atoms with E-state index < -0.39 is 0 Å². The maximum Gasteiger partial charge on any atom is 0.118 e. The Hall–Kier alpha value is -0.650. The van der Waals surface area contributed by atoms with Crippen LogP contribution in [0.3, 0.4) is 0 Å². The summed E-state index contributed by atoms with van der Waals surface area (Å²) >= 11 is 2.01. The van der Waals surface area contributed by atoms with E-state index in [1.54, 1.807) is 6.07 Å². The molecule has 0 spiro atoms. The molecule has 0 amide bonds. The number of phenols is 1. The number of benzene rings is 1. The second kappa shape index (κ2) is 2.53. The highest BCUT2D eigenvalue weighted by atomic mass is 127. The van der Waals surface area contributed by atoms with Crippen molar-refractivity contribution in [1.29, 1.82) is 0 Å². The van der Waals surface area contributed by atoms with Crippen molar-refractivity contribution in [3.8, 4) is 5.75 Å². The molecule has 0 aliphatic heterocycles. The molecule has 0 bridgehead atoms. The van der Waals surface area contributed by atoms with Crippen LogP contribution in [0.4, 0.5) is 11.4 Å². The predicted octanol–water partition coefficient (Wildman–Crippen LogP) is 1.16. The Bertz CT molecular complexity index is 239. The average molecular weight is 250 g/mol. The predicted molar refractivity (Wildman–Crippen MR) is 49.6 cm³/mol. The van der Waals surface area contributed by atoms with Gasteiger partial charge in [-0.25, -0.2) is 0 Å². The molecular formula is C6H7IN2O. The zero-order valence-corrected chi connectivity index (χ0v) is 7.29. The average Bonchev–Trinajstić information content (AvgIpc) is 1.82. The second-order valence-corrected chi connectivity index (χ2v) is 3.09. The van der Waals surface area contributed by atoms with Crippen LogP contribution in [0.1, 0.15) is 0 Å². The van der Waals surface area contributed by atoms with Gasteiger partial charge in [0.05, 0.1) is 11.4 Å². The van der Waals surface area contributed by atoms with Crippen LogP contribution in [0.2, 0.25) is 0 Å². The van der Waals surface area contributed by atoms with Gasteiger partial charge in [-0.3, -0.25) is 0 Å². The van der Waals surface area contributed by atoms with Crippen LogP contribution in [0.15, 0.2) is 12.1 Å². The molecule has 0 saturated carbocycles. The summed E-state index contributed by atoms with van der Waals surface area (Å²) in [5.41, 5.74) is 11.9. The van der Waals surface area contributed by atoms with Crippen LogP contribution in [0.5, 0.6) is 5.75 Å². The zero-order chi connectivity index (χ0) is 7.72. The van der Waals surface area contributed by atoms with E-state index in [2.05, 4.69) is 0 Å². The molecule has 54 valence electrons. The molecule has 1 aromatic carbocycles. The first kappa shape index (κ1) is 7.46. The summed E-state index contributed by atoms with van der Waals surface area (Å²) < 4.78 is 0.773. The first-order valence-corrected chi connectivity index (χ1v) is 3.72. The van der Waals surface area contributed by atoms with Crippen molar-refractivity contribution in [2.75, 3.05) is 11.5 Å². The van der Waals surface area contributed by atoms with E-state index in [-0.39, 0.29) is 5.75 Å². The minimum absolute atomic E-state index is 0.149. The van der Waals surface area contributed by atoms with Gasteiger partial charge in [0.15, 0.2) is 0 Å². The number of nitrogens with two attached hydrogens (primary N) is 2. The SMILES string of the molecule is Nc1cc(O)cc(I)c1N. The summed E-state index contributed by atoms with van der Waals surface area (Å²) in [6.45, 7) is 0. The van der Waals surface area contributed by atoms with Crippen LogP contribution in [-0.4, -0.2) is 5.11 Å². The lowest BCUT2D eigenvalue weighted by atomic mass is 10.2. The molecule has 0 fully saturated rings. The lowest BCUT2D eigenvalue weighted by molar-refractivity contribution is 0.475. The molecule has 0 radical (unpaired) electrons. The van der Waals surface area contributed by atoms with Gasteiger partial charge in [0, 0.05) is 9.64 Å². The van der Waals surface area contributed by atoms with Crippen molar-refractivity contribution in [3.63, 3.8) is 0 Å². The summed E-state index contributed by atoms with van der Waals surface area (Å²) in [5.74, 6) is 0.149. The summed E-state index contributed by atoms with van der Waals surface area (Å²) in [6, 6.07) is 2.99. The normalized spacial score (nSPS) is 9.70. The number of rotatable bonds is 0. The number of anilines is 2. The van der Waals surface area contributed by atoms with Gasteiger partial charge in [0.1, 0.15) is 5.75 Å². The monoisotopic (exact) mass is 250 g/mol. The third-order valence-corrected chi connectivity index (χ3v) is 2.04. The first-order valence-electron chi connectivity index (χ1n) is 2.64. The molecule has 0 aromatic heterocycles. The summed E-state index contributed by atoms with van der Waals surface area (Å²) in [5, 5.41) is 8.98. The van der Waals surface area contributed by atoms with Crippen molar-refractivity contribution in [1.82, 2.24) is 0 Å². The minimum atomic E-state index is 0.149. The van der Waals surface area contributed by atoms with E-state index in [0.29, 0.717) is 11.4 Å². The van der Waals surface area contributed by atoms with E-state index in [1.807, 2.05) is 22.6 Å². The van der Waals surface area contributed by atoms with Gasteiger partial charge in [-0.2, -0.15) is 0 Å². The molecule has 3 nitrogen and oxygen atoms in total. The largest absolute Gasteiger partial charge is 0.508 e. The fraction of sp³-hybridized carbons (Fsp3) is 0. The van der Waals surface area contributed by atoms with Crippen LogP contribution in [-0.2, 0) is 0 Å². The zero-order valence-electron chi connectivity index (χ0n) is 5.13. The Labute approximate surface area is 72.2 Å². The minimum Gasteiger partial charge on any atom is -0.508 e. The topological polar surface area (TPSA) is 72.3 Å². The van der Waals surface area contributed by atoms with E-state index in [9.17, 15) is 0 Å². The molecule has 0 saturated heterocycles. The maximum absolute atomic E-state index is 8.98. The highest BCUT2D eigenvalue weighted by Crippen LogP contribution is 2.26. The third kappa shape index (κ3) is 1.26. The lowest BCUT2D eigenvalue weighted by Gasteiger charge is -2.02. The Balaban J connectivity index is 3.31. The molecule has 5 N–H and O–H groups in total. The molecule has 0 unspecified atom stereocenters. The number of aromatic hydroxyl groups is 1. The van der Waals surface area contributed by atoms with Gasteiger partial charge in [-0.15, -0.1) is 0 Å². The number of nitrogen functional groups attached to an aromatic ring is 2. The highest BCUT2D eigenvalue weighted by Gasteiger charge is 2.00. The quantitative estimate of drug-likeness (QED) is 0.367. The standard InChI is InChI=1S/C6H7IN2O/c7-4-1-3(10)2-5(8)6(4)9/h1-2,10H,8-9H2. The van der Waals surface area contributed by atoms with Gasteiger partial charge < -0.3 is 16.6 Å². The van der Waals surface area contributed by atoms with Gasteiger partial charge in [-0.05, 0) is 28.7 Å². The van der Waals surface area contributed by atoms with Crippen molar-refractivity contribution in [2.45, 2.75) is 0 Å². The fourth-order valence-electron chi connectivity index (χ4n) is 0.624. The molecule has 0 aliphatic carbocycles. The van der Waals surface area contributed by atoms with Gasteiger partial charge in [0.25, 0.3) is 0 Å². The summed E-state index contributed by atoms with van der Waals surface area (Å²) in [7, 11) is 0. The molecular weight excluding hydrogens is 243 g/mol. The van der Waals surface area contributed by atoms with Crippen molar-refractivity contribution >= 4 is 34.0 Å². The van der Waals surface area contributed by atoms with Gasteiger partial charge >= 0.3 is 0 Å². The van der Waals surface area contributed by atoms with E-state index in [1.165, 1.54) is 6.07 Å². The Kier molecular flexibility index (Phi) is 1.89. The first-order chi connectivity index (χ1) is 4.61. The van der Waals surface area contributed by atoms with Crippen LogP contribution >= 0.6 is 22.6 Å². The summed E-state index contributed by atoms with van der Waals surface area (Å²) in [4.78, 5) is 0. The van der Waals surface area contributed by atoms with Crippen molar-refractivity contribution < 1.29 is 5.11 Å². The van der Waals surface area contributed by atoms with Crippen molar-refractivity contribution in [3.05, 3.63) is 15.7 Å². The lowest BCUT2D eigenvalue weighted by Crippen LogP contribution is -1.96. The van der Waals surface area contributed by atoms with E-state index in [4.69, 9.17) is 16.6 Å². The summed E-state index contributed by atoms with van der Waals surface area (Å²) in [6.07, 6.45) is 0. The molecule has 0 atom stereocenters.